The molecule has 1 aromatic carbocycles. The summed E-state index contributed by atoms with van der Waals surface area (Å²) in [5.74, 6) is -0.403. The summed E-state index contributed by atoms with van der Waals surface area (Å²) in [4.78, 5) is 23.0. The first kappa shape index (κ1) is 16.0. The lowest BCUT2D eigenvalue weighted by Gasteiger charge is -2.23. The first-order chi connectivity index (χ1) is 9.41. The largest absolute Gasteiger partial charge is 0.497 e. The molecule has 1 unspecified atom stereocenters. The number of amides is 1. The molecule has 0 heterocycles. The highest BCUT2D eigenvalue weighted by Gasteiger charge is 2.31. The number of rotatable bonds is 7. The number of benzene rings is 1. The molecular formula is C15H21NO4. The van der Waals surface area contributed by atoms with Crippen molar-refractivity contribution < 1.29 is 19.4 Å². The Hall–Kier alpha value is -2.04. The van der Waals surface area contributed by atoms with Crippen LogP contribution in [0.1, 0.15) is 25.8 Å². The normalized spacial score (nSPS) is 13.3. The monoisotopic (exact) mass is 279 g/mol. The number of carbonyl (C=O) groups excluding carboxylic acids is 1. The lowest BCUT2D eigenvalue weighted by Crippen LogP contribution is -2.41. The third kappa shape index (κ3) is 4.26. The van der Waals surface area contributed by atoms with Gasteiger partial charge in [-0.2, -0.15) is 0 Å². The lowest BCUT2D eigenvalue weighted by molar-refractivity contribution is -0.148. The van der Waals surface area contributed by atoms with Crippen LogP contribution in [0.4, 0.5) is 0 Å². The van der Waals surface area contributed by atoms with Crippen LogP contribution in [-0.2, 0) is 16.0 Å². The Morgan fingerprint density at radius 2 is 2.10 bits per heavy atom. The maximum Gasteiger partial charge on any atom is 0.311 e. The van der Waals surface area contributed by atoms with Crippen molar-refractivity contribution in [2.24, 2.45) is 5.41 Å². The van der Waals surface area contributed by atoms with E-state index in [-0.39, 0.29) is 18.9 Å². The van der Waals surface area contributed by atoms with E-state index in [0.717, 1.165) is 5.56 Å². The van der Waals surface area contributed by atoms with Gasteiger partial charge < -0.3 is 15.2 Å². The Morgan fingerprint density at radius 1 is 1.40 bits per heavy atom. The van der Waals surface area contributed by atoms with E-state index in [0.29, 0.717) is 12.2 Å². The Bertz CT molecular complexity index is 487. The molecule has 0 bridgehead atoms. The van der Waals surface area contributed by atoms with Crippen LogP contribution in [0.15, 0.2) is 24.3 Å². The number of nitrogens with one attached hydrogen (secondary N) is 1. The maximum absolute atomic E-state index is 11.9. The molecule has 1 amide bonds. The van der Waals surface area contributed by atoms with Gasteiger partial charge in [0.25, 0.3) is 0 Å². The predicted octanol–water partition coefficient (Wildman–Crippen LogP) is 1.85. The quantitative estimate of drug-likeness (QED) is 0.798. The van der Waals surface area contributed by atoms with Gasteiger partial charge >= 0.3 is 5.97 Å². The molecule has 1 rings (SSSR count). The van der Waals surface area contributed by atoms with Gasteiger partial charge in [0.1, 0.15) is 5.75 Å². The smallest absolute Gasteiger partial charge is 0.311 e. The molecule has 0 radical (unpaired) electrons. The second kappa shape index (κ2) is 6.93. The van der Waals surface area contributed by atoms with Gasteiger partial charge in [-0.15, -0.1) is 0 Å². The Balaban J connectivity index is 2.57. The van der Waals surface area contributed by atoms with Crippen LogP contribution in [0.3, 0.4) is 0 Å². The molecule has 0 saturated heterocycles. The second-order valence-electron chi connectivity index (χ2n) is 5.02. The van der Waals surface area contributed by atoms with Crippen LogP contribution >= 0.6 is 0 Å². The highest BCUT2D eigenvalue weighted by atomic mass is 16.5. The zero-order chi connectivity index (χ0) is 15.2. The van der Waals surface area contributed by atoms with Crippen molar-refractivity contribution in [3.05, 3.63) is 29.8 Å². The molecule has 0 aliphatic carbocycles. The average molecular weight is 279 g/mol. The van der Waals surface area contributed by atoms with Crippen molar-refractivity contribution in [3.63, 3.8) is 0 Å². The second-order valence-corrected chi connectivity index (χ2v) is 5.02. The molecule has 1 aromatic rings. The summed E-state index contributed by atoms with van der Waals surface area (Å²) in [5.41, 5.74) is -0.0975. The number of hydrogen-bond acceptors (Lipinski definition) is 3. The van der Waals surface area contributed by atoms with E-state index in [4.69, 9.17) is 9.84 Å². The van der Waals surface area contributed by atoms with Gasteiger partial charge in [0.05, 0.1) is 18.9 Å². The van der Waals surface area contributed by atoms with Crippen LogP contribution in [0.2, 0.25) is 0 Å². The van der Waals surface area contributed by atoms with Crippen LogP contribution < -0.4 is 10.1 Å². The molecule has 20 heavy (non-hydrogen) atoms. The molecule has 0 fully saturated rings. The van der Waals surface area contributed by atoms with Crippen LogP contribution in [0.25, 0.3) is 0 Å². The van der Waals surface area contributed by atoms with Gasteiger partial charge in [0.15, 0.2) is 0 Å². The molecule has 110 valence electrons. The Kier molecular flexibility index (Phi) is 5.55. The number of hydrogen-bond donors (Lipinski definition) is 2. The molecule has 2 N–H and O–H groups in total. The number of ether oxygens (including phenoxy) is 1. The highest BCUT2D eigenvalue weighted by molar-refractivity contribution is 5.80. The minimum Gasteiger partial charge on any atom is -0.497 e. The zero-order valence-electron chi connectivity index (χ0n) is 12.1. The standard InChI is InChI=1S/C15H21NO4/c1-4-15(2,14(18)19)10-16-13(17)9-11-6-5-7-12(8-11)20-3/h5-8H,4,9-10H2,1-3H3,(H,16,17)(H,18,19). The number of methoxy groups -OCH3 is 1. The summed E-state index contributed by atoms with van der Waals surface area (Å²) in [6.07, 6.45) is 0.665. The summed E-state index contributed by atoms with van der Waals surface area (Å²) in [6.45, 7) is 3.55. The van der Waals surface area contributed by atoms with E-state index in [9.17, 15) is 9.59 Å². The molecule has 0 spiro atoms. The number of carboxylic acids is 1. The summed E-state index contributed by atoms with van der Waals surface area (Å²) >= 11 is 0. The third-order valence-electron chi connectivity index (χ3n) is 3.47. The zero-order valence-corrected chi connectivity index (χ0v) is 12.1. The number of carbonyl (C=O) groups is 2. The van der Waals surface area contributed by atoms with E-state index in [1.165, 1.54) is 0 Å². The molecule has 0 aliphatic heterocycles. The van der Waals surface area contributed by atoms with E-state index < -0.39 is 11.4 Å². The summed E-state index contributed by atoms with van der Waals surface area (Å²) < 4.78 is 5.09. The SMILES string of the molecule is CCC(C)(CNC(=O)Cc1cccc(OC)c1)C(=O)O. The van der Waals surface area contributed by atoms with Gasteiger partial charge in [0, 0.05) is 6.54 Å². The van der Waals surface area contributed by atoms with Crippen molar-refractivity contribution in [1.29, 1.82) is 0 Å². The van der Waals surface area contributed by atoms with Gasteiger partial charge in [0.2, 0.25) is 5.91 Å². The van der Waals surface area contributed by atoms with Crippen molar-refractivity contribution in [3.8, 4) is 5.75 Å². The molecule has 0 aliphatic rings. The first-order valence-electron chi connectivity index (χ1n) is 6.54. The molecule has 0 saturated carbocycles. The van der Waals surface area contributed by atoms with E-state index in [1.807, 2.05) is 12.1 Å². The fourth-order valence-electron chi connectivity index (χ4n) is 1.68. The van der Waals surface area contributed by atoms with Gasteiger partial charge in [-0.1, -0.05) is 19.1 Å². The van der Waals surface area contributed by atoms with E-state index >= 15 is 0 Å². The van der Waals surface area contributed by atoms with Crippen molar-refractivity contribution in [2.45, 2.75) is 26.7 Å². The predicted molar refractivity (Wildman–Crippen MR) is 75.7 cm³/mol. The fourth-order valence-corrected chi connectivity index (χ4v) is 1.68. The summed E-state index contributed by atoms with van der Waals surface area (Å²) in [7, 11) is 1.57. The molecule has 5 nitrogen and oxygen atoms in total. The third-order valence-corrected chi connectivity index (χ3v) is 3.47. The molecular weight excluding hydrogens is 258 g/mol. The molecule has 1 atom stereocenters. The van der Waals surface area contributed by atoms with Crippen LogP contribution in [-0.4, -0.2) is 30.6 Å². The Morgan fingerprint density at radius 3 is 2.65 bits per heavy atom. The van der Waals surface area contributed by atoms with E-state index in [1.54, 1.807) is 33.1 Å². The Labute approximate surface area is 118 Å². The van der Waals surface area contributed by atoms with Gasteiger partial charge in [-0.25, -0.2) is 0 Å². The van der Waals surface area contributed by atoms with E-state index in [2.05, 4.69) is 5.32 Å². The highest BCUT2D eigenvalue weighted by Crippen LogP contribution is 2.20. The number of carboxylic acid groups (broad SMARTS) is 1. The van der Waals surface area contributed by atoms with Crippen molar-refractivity contribution in [2.75, 3.05) is 13.7 Å². The first-order valence-corrected chi connectivity index (χ1v) is 6.54. The summed E-state index contributed by atoms with van der Waals surface area (Å²) in [6, 6.07) is 7.24. The summed E-state index contributed by atoms with van der Waals surface area (Å²) in [5, 5.41) is 11.8. The molecule has 5 heteroatoms. The topological polar surface area (TPSA) is 75.6 Å². The minimum atomic E-state index is -0.927. The van der Waals surface area contributed by atoms with Crippen LogP contribution in [0.5, 0.6) is 5.75 Å². The maximum atomic E-state index is 11.9. The van der Waals surface area contributed by atoms with Crippen LogP contribution in [0, 0.1) is 5.41 Å². The van der Waals surface area contributed by atoms with Crippen molar-refractivity contribution in [1.82, 2.24) is 5.32 Å². The average Bonchev–Trinajstić information content (AvgIpc) is 2.44. The van der Waals surface area contributed by atoms with Crippen molar-refractivity contribution >= 4 is 11.9 Å². The van der Waals surface area contributed by atoms with Gasteiger partial charge in [-0.3, -0.25) is 9.59 Å². The van der Waals surface area contributed by atoms with Gasteiger partial charge in [-0.05, 0) is 31.0 Å². The molecule has 0 aromatic heterocycles. The minimum absolute atomic E-state index is 0.127. The lowest BCUT2D eigenvalue weighted by atomic mass is 9.87. The number of aliphatic carboxylic acids is 1. The fraction of sp³-hybridized carbons (Fsp3) is 0.467.